The zero-order chi connectivity index (χ0) is 79.8. The van der Waals surface area contributed by atoms with E-state index in [1.807, 2.05) is 99.6 Å². The summed E-state index contributed by atoms with van der Waals surface area (Å²) in [5.41, 5.74) is 34.8. The number of aliphatic hydroxyl groups excluding tert-OH is 1. The maximum Gasteiger partial charge on any atom is 1.00 e. The number of aryl methyl sites for hydroxylation is 3. The zero-order valence-corrected chi connectivity index (χ0v) is 71.7. The van der Waals surface area contributed by atoms with Gasteiger partial charge in [-0.3, -0.25) is 19.3 Å². The molecule has 0 bridgehead atoms. The van der Waals surface area contributed by atoms with E-state index in [0.29, 0.717) is 43.0 Å². The summed E-state index contributed by atoms with van der Waals surface area (Å²) in [6.07, 6.45) is -2.85. The predicted octanol–water partition coefficient (Wildman–Crippen LogP) is 16.7. The number of hydrogen-bond acceptors (Lipinski definition) is 16. The van der Waals surface area contributed by atoms with Crippen LogP contribution in [0, 0.1) is 20.8 Å². The fourth-order valence-electron chi connectivity index (χ4n) is 7.65. The van der Waals surface area contributed by atoms with Crippen LogP contribution in [0.2, 0.25) is 15.1 Å². The summed E-state index contributed by atoms with van der Waals surface area (Å²) < 4.78 is 43.0. The maximum absolute atomic E-state index is 12.5. The Hall–Kier alpha value is -7.80. The number of oxazole rings is 1. The van der Waals surface area contributed by atoms with Crippen molar-refractivity contribution >= 4 is 195 Å². The second-order valence-corrected chi connectivity index (χ2v) is 26.2. The number of nitrogens with one attached hydrogen (secondary N) is 1. The molecule has 4 N–H and O–H groups in total. The van der Waals surface area contributed by atoms with Crippen LogP contribution in [0.3, 0.4) is 0 Å². The number of rotatable bonds is 14. The van der Waals surface area contributed by atoms with Crippen LogP contribution in [0.4, 0.5) is 41.9 Å². The topological polar surface area (TPSA) is 300 Å². The van der Waals surface area contributed by atoms with Crippen LogP contribution in [0.5, 0.6) is 0 Å². The fourth-order valence-corrected chi connectivity index (χ4v) is 11.1. The SMILES string of the molecule is CO.Cc1ccc(N)cc1.Cc1ccc(N=C=S)cc1.Cc1ccc(N=C=S)cc1.FC(F)(F)c1ccc(Nc2ncc(-c3cccc(Cl)c3)o2)cc1.O=C(CBr)c1cccc(Cl)c1.O=CO[O-].S=C(Cl)Cl.[N-]=[N+]=NCC(=O)c1cccc(Cl)c1.[N-]=[N+]=[N-].[Na+].[Na+].c1ccc(P(c2ccccc2)c2ccccc2)cc1. The number of aliphatic hydroxyl groups is 1. The minimum Gasteiger partial charge on any atom is -0.662 e. The molecule has 0 radical (unpaired) electrons. The van der Waals surface area contributed by atoms with E-state index >= 15 is 0 Å². The number of hydrogen-bond donors (Lipinski definition) is 3. The number of ketones is 2. The number of nitrogens with zero attached hydrogens (tertiary/aromatic N) is 9. The number of isothiocyanates is 2. The van der Waals surface area contributed by atoms with Gasteiger partial charge >= 0.3 is 65.3 Å². The second kappa shape index (κ2) is 62.9. The molecule has 1 heterocycles. The van der Waals surface area contributed by atoms with Crippen molar-refractivity contribution in [2.45, 2.75) is 26.9 Å². The first-order chi connectivity index (χ1) is 51.3. The number of azide groups is 1. The molecule has 11 rings (SSSR count). The van der Waals surface area contributed by atoms with Gasteiger partial charge in [-0.1, -0.05) is 272 Å². The number of nitrogens with two attached hydrogens (primary N) is 1. The number of nitrogen functional groups attached to an aromatic ring is 1. The Morgan fingerprint density at radius 3 is 1.33 bits per heavy atom. The number of thiocarbonyl (C=S) groups is 3. The third kappa shape index (κ3) is 47.8. The number of aromatic nitrogens is 1. The van der Waals surface area contributed by atoms with Crippen molar-refractivity contribution in [2.24, 2.45) is 15.1 Å². The van der Waals surface area contributed by atoms with Gasteiger partial charge in [-0.2, -0.15) is 23.2 Å². The standard InChI is InChI=1S/C18H15P.C16H10ClF3N2O.C8H6BrClO.C8H6ClN3O.2C8H7NS.C7H9N.CCl2S.CH2O3.CH4O.N3.2Na/c1-4-10-16(11-5-1)19(17-12-6-2-7-13-17)18-14-8-3-9-15-18;17-12-3-1-2-10(8-12)14-9-21-15(23-14)22-13-6-4-11(5-7-13)16(18,19)20;9-5-8(11)6-2-1-3-7(10)4-6;9-7-3-1-2-6(4-7)8(13)5-11-12-10;2*1-7-2-4-8(5-3-7)9-6-10;1-6-2-4-7(8)5-3-6;2-1(3)4;2-1-4-3;1-2;1-3-2;;/h1-15H;1-9H,(H,21,22);1-4H,5H2;1-4H,5H2;2*2-5H,1H3;2-5H,8H2,1H3;;1,3H;2H,1H3;;;/q;;;;;;;;;;-1;2*+1/p-1. The molecule has 0 saturated carbocycles. The molecule has 0 aliphatic heterocycles. The van der Waals surface area contributed by atoms with Crippen LogP contribution < -0.4 is 91.3 Å². The van der Waals surface area contributed by atoms with Gasteiger partial charge in [-0.05, 0) is 172 Å². The van der Waals surface area contributed by atoms with Crippen molar-refractivity contribution < 1.29 is 106 Å². The van der Waals surface area contributed by atoms with Gasteiger partial charge in [0.05, 0.1) is 45.3 Å². The second-order valence-electron chi connectivity index (χ2n) is 20.0. The maximum atomic E-state index is 12.5. The number of carbonyl (C=O) groups excluding carboxylic acids is 3. The molecule has 0 aliphatic carbocycles. The summed E-state index contributed by atoms with van der Waals surface area (Å²) in [7, 11) is 0.554. The molecule has 0 aliphatic rings. The van der Waals surface area contributed by atoms with E-state index in [1.165, 1.54) is 61.9 Å². The van der Waals surface area contributed by atoms with Crippen molar-refractivity contribution in [3.05, 3.63) is 342 Å². The first-order valence-corrected chi connectivity index (χ1v) is 35.8. The van der Waals surface area contributed by atoms with E-state index in [1.54, 1.807) is 60.7 Å². The fraction of sp³-hybridized carbons (Fsp3) is 0.0921. The molecule has 0 spiro atoms. The number of alkyl halides is 4. The van der Waals surface area contributed by atoms with E-state index in [-0.39, 0.29) is 93.5 Å². The number of benzene rings is 10. The van der Waals surface area contributed by atoms with E-state index in [4.69, 9.17) is 99.9 Å². The Morgan fingerprint density at radius 2 is 1.00 bits per heavy atom. The van der Waals surface area contributed by atoms with Crippen molar-refractivity contribution in [2.75, 3.05) is 30.0 Å². The monoisotopic (exact) mass is 1730 g/mol. The van der Waals surface area contributed by atoms with Crippen LogP contribution >= 0.6 is 119 Å². The molecule has 0 unspecified atom stereocenters. The molecule has 11 aromatic rings. The zero-order valence-electron chi connectivity index (χ0n) is 59.0. The molecule has 33 heteroatoms. The van der Waals surface area contributed by atoms with Crippen molar-refractivity contribution in [1.82, 2.24) is 4.98 Å². The quantitative estimate of drug-likeness (QED) is 0.00724. The summed E-state index contributed by atoms with van der Waals surface area (Å²) in [6, 6.07) is 81.0. The number of aliphatic imine (C=N–C) groups is 2. The largest absolute Gasteiger partial charge is 1.00 e. The summed E-state index contributed by atoms with van der Waals surface area (Å²) in [5.74, 6) is 0.315. The summed E-state index contributed by atoms with van der Waals surface area (Å²) in [5, 5.41) is 32.2. The number of anilines is 3. The van der Waals surface area contributed by atoms with Gasteiger partial charge in [-0.15, -0.1) is 0 Å². The molecule has 0 saturated heterocycles. The van der Waals surface area contributed by atoms with Gasteiger partial charge in [0, 0.05) is 55.2 Å². The molecule has 1 aromatic heterocycles. The Bertz CT molecular complexity index is 4430. The third-order valence-corrected chi connectivity index (χ3v) is 16.2. The number of carbonyl (C=O) groups is 3. The van der Waals surface area contributed by atoms with Gasteiger partial charge in [0.1, 0.15) is 0 Å². The summed E-state index contributed by atoms with van der Waals surface area (Å²) in [4.78, 5) is 49.2. The van der Waals surface area contributed by atoms with Crippen LogP contribution in [-0.2, 0) is 15.9 Å². The Morgan fingerprint density at radius 1 is 0.633 bits per heavy atom. The van der Waals surface area contributed by atoms with Crippen LogP contribution in [0.15, 0.2) is 287 Å². The molecule has 18 nitrogen and oxygen atoms in total. The third-order valence-electron chi connectivity index (χ3n) is 12.3. The molecule has 10 aromatic carbocycles. The number of Topliss-reactive ketones (excluding diaryl/α,β-unsaturated/α-hetero) is 2. The van der Waals surface area contributed by atoms with Crippen LogP contribution in [-0.4, -0.2) is 61.2 Å². The first-order valence-electron chi connectivity index (χ1n) is 30.2. The minimum absolute atomic E-state index is 0. The predicted molar refractivity (Wildman–Crippen MR) is 443 cm³/mol. The van der Waals surface area contributed by atoms with E-state index in [0.717, 1.165) is 41.9 Å². The van der Waals surface area contributed by atoms with Crippen LogP contribution in [0.25, 0.3) is 37.7 Å². The smallest absolute Gasteiger partial charge is 0.662 e. The first kappa shape index (κ1) is 103. The summed E-state index contributed by atoms with van der Waals surface area (Å²) >= 11 is 42.9. The van der Waals surface area contributed by atoms with E-state index in [9.17, 15) is 22.8 Å². The molecule has 0 fully saturated rings. The molecule has 554 valence electrons. The summed E-state index contributed by atoms with van der Waals surface area (Å²) in [6.45, 7) is 5.76. The van der Waals surface area contributed by atoms with Crippen LogP contribution in [0.1, 0.15) is 43.0 Å². The van der Waals surface area contributed by atoms with E-state index < -0.39 is 19.7 Å². The number of halogens is 9. The average Bonchev–Trinajstić information content (AvgIpc) is 1.63. The Labute approximate surface area is 724 Å². The van der Waals surface area contributed by atoms with Crippen molar-refractivity contribution in [3.8, 4) is 11.3 Å². The average molecular weight is 1730 g/mol. The van der Waals surface area contributed by atoms with Gasteiger partial charge in [0.2, 0.25) is 0 Å². The Kier molecular flexibility index (Phi) is 59.6. The Balaban J connectivity index is 0. The normalized spacial score (nSPS) is 9.10. The molecular weight excluding hydrogens is 1670 g/mol. The van der Waals surface area contributed by atoms with E-state index in [2.05, 4.69) is 189 Å². The van der Waals surface area contributed by atoms with Gasteiger partial charge in [-0.25, -0.2) is 4.98 Å². The van der Waals surface area contributed by atoms with Crippen molar-refractivity contribution in [1.29, 1.82) is 0 Å². The van der Waals surface area contributed by atoms with Gasteiger partial charge in [0.25, 0.3) is 12.5 Å². The molecular formula is C76H65BrCl5F3N11Na2O7PS3. The molecule has 109 heavy (non-hydrogen) atoms. The molecule has 0 atom stereocenters. The van der Waals surface area contributed by atoms with Gasteiger partial charge in [0.15, 0.2) is 21.1 Å². The minimum atomic E-state index is -4.36. The van der Waals surface area contributed by atoms with Crippen molar-refractivity contribution in [3.63, 3.8) is 0 Å². The molecule has 0 amide bonds. The van der Waals surface area contributed by atoms with Gasteiger partial charge < -0.3 is 41.8 Å².